The number of allylic oxidation sites excluding steroid dienone is 1. The van der Waals surface area contributed by atoms with Crippen molar-refractivity contribution in [2.75, 3.05) is 80.7 Å². The number of piperazine rings is 1. The van der Waals surface area contributed by atoms with Gasteiger partial charge in [0, 0.05) is 84.3 Å². The number of rotatable bonds is 27. The zero-order valence-corrected chi connectivity index (χ0v) is 53.4. The molecular weight excluding hydrogens is 1230 g/mol. The quantitative estimate of drug-likeness (QED) is 0.0219. The lowest BCUT2D eigenvalue weighted by Gasteiger charge is -2.39. The second kappa shape index (κ2) is 29.0. The van der Waals surface area contributed by atoms with Crippen molar-refractivity contribution in [1.29, 1.82) is 0 Å². The van der Waals surface area contributed by atoms with Gasteiger partial charge >= 0.3 is 5.51 Å². The fourth-order valence-corrected chi connectivity index (χ4v) is 15.1. The van der Waals surface area contributed by atoms with Crippen molar-refractivity contribution in [1.82, 2.24) is 24.7 Å². The minimum atomic E-state index is -6.13. The Morgan fingerprint density at radius 2 is 1.49 bits per heavy atom. The maximum absolute atomic E-state index is 14.5. The predicted octanol–water partition coefficient (Wildman–Crippen LogP) is 11.3. The first-order chi connectivity index (χ1) is 42.4. The molecule has 0 saturated carbocycles. The molecule has 24 heteroatoms. The Hall–Kier alpha value is -6.76. The van der Waals surface area contributed by atoms with Crippen LogP contribution in [0.3, 0.4) is 0 Å². The summed E-state index contributed by atoms with van der Waals surface area (Å²) in [7, 11) is -9.11. The van der Waals surface area contributed by atoms with E-state index in [1.807, 2.05) is 54.2 Å². The minimum Gasteiger partial charge on any atom is -0.384 e. The molecule has 1 aliphatic carbocycles. The van der Waals surface area contributed by atoms with Gasteiger partial charge in [-0.2, -0.15) is 13.2 Å². The van der Waals surface area contributed by atoms with Crippen molar-refractivity contribution in [2.24, 2.45) is 5.41 Å². The number of nitrogens with one attached hydrogen (secondary N) is 4. The number of piperidine rings is 1. The molecule has 1 unspecified atom stereocenters. The van der Waals surface area contributed by atoms with E-state index in [0.717, 1.165) is 105 Å². The molecule has 89 heavy (non-hydrogen) atoms. The van der Waals surface area contributed by atoms with Crippen molar-refractivity contribution in [3.05, 3.63) is 148 Å². The second-order valence-corrected chi connectivity index (χ2v) is 29.2. The molecule has 5 aromatic rings. The average molecular weight is 1300 g/mol. The number of halogens is 4. The van der Waals surface area contributed by atoms with Crippen LogP contribution in [0.5, 0.6) is 0 Å². The number of sulfone groups is 1. The number of benzene rings is 5. The number of fused-ring (bicyclic) bond motifs is 1. The summed E-state index contributed by atoms with van der Waals surface area (Å²) in [5.74, 6) is -2.98. The SMILES string of the molecule is CN(CCCCCCCCNc1cccc2c1C(=O)N(C1CCC(=O)NC1=O)C2=O)CC[C@H](CSc1ccccc1)Nc1ccc(S(=O)(=O)NC(=O)c2ccc(N3CCN(CC4=C(c5ccc(Cl)cc5)CCC(C)(C)C4)CC3)cc2)cc1S(=O)(=O)C(F)(F)F. The van der Waals surface area contributed by atoms with Crippen LogP contribution in [0.25, 0.3) is 5.57 Å². The van der Waals surface area contributed by atoms with E-state index in [2.05, 4.69) is 56.6 Å². The molecular formula is C65H76ClF3N8O9S3. The van der Waals surface area contributed by atoms with Crippen LogP contribution in [-0.2, 0) is 29.4 Å². The molecule has 3 aliphatic heterocycles. The topological polar surface area (TPSA) is 215 Å². The molecule has 476 valence electrons. The third-order valence-electron chi connectivity index (χ3n) is 16.9. The van der Waals surface area contributed by atoms with Gasteiger partial charge in [0.25, 0.3) is 37.6 Å². The molecule has 5 aromatic carbocycles. The highest BCUT2D eigenvalue weighted by molar-refractivity contribution is 7.99. The highest BCUT2D eigenvalue weighted by atomic mass is 35.5. The fraction of sp³-hybridized carbons (Fsp3) is 0.431. The third-order valence-corrected chi connectivity index (χ3v) is 21.2. The standard InChI is InChI=1S/C65H76ClF3N8O9S3/c1-64(2)32-30-52(44-18-22-47(66)23-19-44)46(41-64)42-75-36-38-76(39-37-75)49-24-20-45(21-25-49)60(79)73-89(85,86)51-26-27-54(57(40-51)88(83,84)65(67,68)69)71-48(43-87-50-14-9-8-10-15-50)31-35-74(3)34-12-7-5-4-6-11-33-70-55-17-13-16-53-59(55)63(82)77(62(53)81)56-28-29-58(78)72-61(56)80/h8-10,13-27,40,48,56,70-71H,4-7,11-12,28-39,41-43H2,1-3H3,(H,73,79)(H,72,78,80)/t48-,56?/m1/s1. The number of amides is 5. The first-order valence-electron chi connectivity index (χ1n) is 30.2. The molecule has 2 fully saturated rings. The minimum absolute atomic E-state index is 0.0260. The van der Waals surface area contributed by atoms with Crippen LogP contribution in [0.4, 0.5) is 30.2 Å². The Labute approximate surface area is 528 Å². The maximum Gasteiger partial charge on any atom is 0.501 e. The van der Waals surface area contributed by atoms with Gasteiger partial charge in [0.1, 0.15) is 10.9 Å². The molecule has 17 nitrogen and oxygen atoms in total. The normalized spacial score (nSPS) is 17.9. The van der Waals surface area contributed by atoms with Gasteiger partial charge < -0.3 is 20.4 Å². The number of thioether (sulfide) groups is 1. The molecule has 4 aliphatic rings. The maximum atomic E-state index is 14.5. The Bertz CT molecular complexity index is 3660. The average Bonchev–Trinajstić information content (AvgIpc) is 1.98. The summed E-state index contributed by atoms with van der Waals surface area (Å²) in [5.41, 5.74) is -0.289. The van der Waals surface area contributed by atoms with Gasteiger partial charge in [-0.05, 0) is 160 Å². The number of nitrogens with zero attached hydrogens (tertiary/aromatic N) is 4. The number of imide groups is 2. The third kappa shape index (κ3) is 16.8. The first-order valence-corrected chi connectivity index (χ1v) is 34.5. The van der Waals surface area contributed by atoms with E-state index in [4.69, 9.17) is 11.6 Å². The van der Waals surface area contributed by atoms with Crippen LogP contribution in [0.15, 0.2) is 136 Å². The Morgan fingerprint density at radius 1 is 0.798 bits per heavy atom. The van der Waals surface area contributed by atoms with Crippen LogP contribution < -0.4 is 25.6 Å². The van der Waals surface area contributed by atoms with Gasteiger partial charge in [0.05, 0.1) is 21.7 Å². The highest BCUT2D eigenvalue weighted by Crippen LogP contribution is 2.43. The lowest BCUT2D eigenvalue weighted by Crippen LogP contribution is -2.54. The van der Waals surface area contributed by atoms with E-state index in [1.54, 1.807) is 30.3 Å². The summed E-state index contributed by atoms with van der Waals surface area (Å²) in [6.07, 6.45) is 8.95. The van der Waals surface area contributed by atoms with Gasteiger partial charge in [-0.15, -0.1) is 11.8 Å². The van der Waals surface area contributed by atoms with Crippen molar-refractivity contribution in [3.63, 3.8) is 0 Å². The summed E-state index contributed by atoms with van der Waals surface area (Å²) in [6.45, 7) is 10.2. The zero-order chi connectivity index (χ0) is 63.7. The van der Waals surface area contributed by atoms with E-state index in [0.29, 0.717) is 61.7 Å². The summed E-state index contributed by atoms with van der Waals surface area (Å²) >= 11 is 7.64. The fourth-order valence-electron chi connectivity index (χ4n) is 11.9. The second-order valence-electron chi connectivity index (χ2n) is 24.1. The Balaban J connectivity index is 0.762. The number of unbranched alkanes of at least 4 members (excludes halogenated alkanes) is 5. The van der Waals surface area contributed by atoms with E-state index in [1.165, 1.54) is 40.6 Å². The van der Waals surface area contributed by atoms with E-state index < -0.39 is 82.5 Å². The summed E-state index contributed by atoms with van der Waals surface area (Å²) in [5, 5.41) is 9.21. The van der Waals surface area contributed by atoms with Gasteiger partial charge in [-0.1, -0.05) is 93.1 Å². The number of hydrogen-bond donors (Lipinski definition) is 4. The van der Waals surface area contributed by atoms with Crippen LogP contribution in [-0.4, -0.2) is 144 Å². The molecule has 3 heterocycles. The zero-order valence-electron chi connectivity index (χ0n) is 50.2. The predicted molar refractivity (Wildman–Crippen MR) is 341 cm³/mol. The molecule has 2 saturated heterocycles. The Kier molecular flexibility index (Phi) is 21.7. The summed E-state index contributed by atoms with van der Waals surface area (Å²) in [4.78, 5) is 70.8. The number of hydrogen-bond acceptors (Lipinski definition) is 15. The molecule has 0 bridgehead atoms. The van der Waals surface area contributed by atoms with E-state index >= 15 is 0 Å². The van der Waals surface area contributed by atoms with E-state index in [-0.39, 0.29) is 34.9 Å². The molecule has 2 atom stereocenters. The molecule has 0 aromatic heterocycles. The van der Waals surface area contributed by atoms with Crippen LogP contribution >= 0.6 is 23.4 Å². The number of sulfonamides is 1. The van der Waals surface area contributed by atoms with Gasteiger partial charge in [0.15, 0.2) is 0 Å². The number of carbonyl (C=O) groups excluding carboxylic acids is 5. The monoisotopic (exact) mass is 1300 g/mol. The largest absolute Gasteiger partial charge is 0.501 e. The first kappa shape index (κ1) is 66.7. The van der Waals surface area contributed by atoms with Gasteiger partial charge in [-0.25, -0.2) is 21.6 Å². The number of anilines is 3. The lowest BCUT2D eigenvalue weighted by molar-refractivity contribution is -0.136. The molecule has 4 N–H and O–H groups in total. The highest BCUT2D eigenvalue weighted by Gasteiger charge is 2.49. The molecule has 5 amide bonds. The van der Waals surface area contributed by atoms with Gasteiger partial charge in [-0.3, -0.25) is 39.1 Å². The Morgan fingerprint density at radius 3 is 2.19 bits per heavy atom. The summed E-state index contributed by atoms with van der Waals surface area (Å²) < 4.78 is 99.6. The van der Waals surface area contributed by atoms with E-state index in [9.17, 15) is 54.0 Å². The van der Waals surface area contributed by atoms with Crippen molar-refractivity contribution in [2.45, 2.75) is 123 Å². The van der Waals surface area contributed by atoms with Crippen LogP contribution in [0.2, 0.25) is 5.02 Å². The molecule has 0 spiro atoms. The lowest BCUT2D eigenvalue weighted by atomic mass is 9.73. The van der Waals surface area contributed by atoms with Crippen molar-refractivity contribution < 1.29 is 54.0 Å². The number of carbonyl (C=O) groups is 5. The summed E-state index contributed by atoms with van der Waals surface area (Å²) in [6, 6.07) is 29.4. The molecule has 0 radical (unpaired) electrons. The van der Waals surface area contributed by atoms with Crippen LogP contribution in [0.1, 0.15) is 128 Å². The molecule has 9 rings (SSSR count). The number of alkyl halides is 3. The van der Waals surface area contributed by atoms with Crippen molar-refractivity contribution in [3.8, 4) is 0 Å². The smallest absolute Gasteiger partial charge is 0.384 e. The van der Waals surface area contributed by atoms with Gasteiger partial charge in [0.2, 0.25) is 11.8 Å². The van der Waals surface area contributed by atoms with Crippen LogP contribution in [0, 0.1) is 5.41 Å². The van der Waals surface area contributed by atoms with Crippen molar-refractivity contribution >= 4 is 95.4 Å².